The minimum absolute atomic E-state index is 0.461. The van der Waals surface area contributed by atoms with Crippen LogP contribution in [0.5, 0.6) is 11.5 Å². The Kier molecular flexibility index (Phi) is 7.39. The van der Waals surface area contributed by atoms with Gasteiger partial charge in [0.2, 0.25) is 0 Å². The van der Waals surface area contributed by atoms with Gasteiger partial charge in [-0.15, -0.1) is 0 Å². The molecule has 1 aliphatic rings. The summed E-state index contributed by atoms with van der Waals surface area (Å²) in [6.45, 7) is 6.80. The Morgan fingerprint density at radius 1 is 1.19 bits per heavy atom. The van der Waals surface area contributed by atoms with Gasteiger partial charge >= 0.3 is 0 Å². The standard InChI is InChI=1S/C22H29ClN2O2/c1-3-25-11-7-10-19(25)15-24-14-18-12-20(23)22(21(13-18)26-2)27-16-17-8-5-4-6-9-17/h4-6,8-9,12-13,19,24H,3,7,10-11,14-16H2,1-2H3/t19-/m0/s1. The topological polar surface area (TPSA) is 33.7 Å². The van der Waals surface area contributed by atoms with Crippen LogP contribution in [0.1, 0.15) is 30.9 Å². The predicted octanol–water partition coefficient (Wildman–Crippen LogP) is 4.50. The number of benzene rings is 2. The summed E-state index contributed by atoms with van der Waals surface area (Å²) in [7, 11) is 1.65. The zero-order valence-corrected chi connectivity index (χ0v) is 17.0. The van der Waals surface area contributed by atoms with E-state index in [1.54, 1.807) is 7.11 Å². The summed E-state index contributed by atoms with van der Waals surface area (Å²) >= 11 is 6.49. The Morgan fingerprint density at radius 2 is 2.00 bits per heavy atom. The number of likely N-dealkylation sites (tertiary alicyclic amines) is 1. The van der Waals surface area contributed by atoms with Crippen LogP contribution in [0.15, 0.2) is 42.5 Å². The van der Waals surface area contributed by atoms with Crippen molar-refractivity contribution in [3.63, 3.8) is 0 Å². The molecule has 3 rings (SSSR count). The van der Waals surface area contributed by atoms with Gasteiger partial charge in [0, 0.05) is 19.1 Å². The molecular formula is C22H29ClN2O2. The minimum atomic E-state index is 0.461. The van der Waals surface area contributed by atoms with E-state index in [1.807, 2.05) is 42.5 Å². The summed E-state index contributed by atoms with van der Waals surface area (Å²) in [4.78, 5) is 2.54. The van der Waals surface area contributed by atoms with E-state index in [-0.39, 0.29) is 0 Å². The Bertz CT molecular complexity index is 724. The van der Waals surface area contributed by atoms with Crippen LogP contribution >= 0.6 is 11.6 Å². The highest BCUT2D eigenvalue weighted by Crippen LogP contribution is 2.37. The van der Waals surface area contributed by atoms with Crippen molar-refractivity contribution in [2.45, 2.75) is 39.0 Å². The first kappa shape index (κ1) is 20.0. The third-order valence-corrected chi connectivity index (χ3v) is 5.41. The molecule has 1 atom stereocenters. The van der Waals surface area contributed by atoms with E-state index in [0.717, 1.165) is 30.8 Å². The zero-order chi connectivity index (χ0) is 19.1. The molecule has 1 fully saturated rings. The second kappa shape index (κ2) is 9.98. The van der Waals surface area contributed by atoms with Crippen LogP contribution in [0.3, 0.4) is 0 Å². The number of methoxy groups -OCH3 is 1. The van der Waals surface area contributed by atoms with Gasteiger partial charge in [-0.05, 0) is 49.2 Å². The van der Waals surface area contributed by atoms with Gasteiger partial charge in [0.25, 0.3) is 0 Å². The normalized spacial score (nSPS) is 17.2. The third-order valence-electron chi connectivity index (χ3n) is 5.13. The number of rotatable bonds is 9. The van der Waals surface area contributed by atoms with Crippen LogP contribution in [-0.2, 0) is 13.2 Å². The summed E-state index contributed by atoms with van der Waals surface area (Å²) < 4.78 is 11.5. The predicted molar refractivity (Wildman–Crippen MR) is 111 cm³/mol. The summed E-state index contributed by atoms with van der Waals surface area (Å²) in [6.07, 6.45) is 2.57. The highest BCUT2D eigenvalue weighted by molar-refractivity contribution is 6.32. The molecule has 2 aromatic carbocycles. The molecule has 146 valence electrons. The van der Waals surface area contributed by atoms with Crippen LogP contribution in [-0.4, -0.2) is 37.7 Å². The van der Waals surface area contributed by atoms with Crippen molar-refractivity contribution in [1.82, 2.24) is 10.2 Å². The number of nitrogens with zero attached hydrogens (tertiary/aromatic N) is 1. The molecule has 1 N–H and O–H groups in total. The van der Waals surface area contributed by atoms with Crippen molar-refractivity contribution in [3.05, 3.63) is 58.6 Å². The summed E-state index contributed by atoms with van der Waals surface area (Å²) in [6, 6.07) is 14.6. The summed E-state index contributed by atoms with van der Waals surface area (Å²) in [5.74, 6) is 1.27. The lowest BCUT2D eigenvalue weighted by molar-refractivity contribution is 0.260. The van der Waals surface area contributed by atoms with E-state index in [1.165, 1.54) is 19.4 Å². The average Bonchev–Trinajstić information content (AvgIpc) is 3.15. The van der Waals surface area contributed by atoms with E-state index >= 15 is 0 Å². The van der Waals surface area contributed by atoms with E-state index < -0.39 is 0 Å². The molecule has 1 aliphatic heterocycles. The summed E-state index contributed by atoms with van der Waals surface area (Å²) in [5.41, 5.74) is 2.20. The minimum Gasteiger partial charge on any atom is -0.493 e. The molecule has 0 radical (unpaired) electrons. The first-order chi connectivity index (χ1) is 13.2. The number of hydrogen-bond donors (Lipinski definition) is 1. The first-order valence-electron chi connectivity index (χ1n) is 9.69. The largest absolute Gasteiger partial charge is 0.493 e. The van der Waals surface area contributed by atoms with Gasteiger partial charge in [0.05, 0.1) is 12.1 Å². The quantitative estimate of drug-likeness (QED) is 0.685. The Balaban J connectivity index is 1.59. The molecule has 27 heavy (non-hydrogen) atoms. The van der Waals surface area contributed by atoms with Crippen LogP contribution in [0, 0.1) is 0 Å². The van der Waals surface area contributed by atoms with Crippen LogP contribution in [0.4, 0.5) is 0 Å². The second-order valence-corrected chi connectivity index (χ2v) is 7.35. The monoisotopic (exact) mass is 388 g/mol. The molecule has 0 aromatic heterocycles. The van der Waals surface area contributed by atoms with E-state index in [9.17, 15) is 0 Å². The third kappa shape index (κ3) is 5.38. The summed E-state index contributed by atoms with van der Waals surface area (Å²) in [5, 5.41) is 4.15. The molecule has 5 heteroatoms. The van der Waals surface area contributed by atoms with Crippen molar-refractivity contribution < 1.29 is 9.47 Å². The smallest absolute Gasteiger partial charge is 0.180 e. The number of hydrogen-bond acceptors (Lipinski definition) is 4. The van der Waals surface area contributed by atoms with Crippen LogP contribution in [0.25, 0.3) is 0 Å². The molecule has 1 heterocycles. The van der Waals surface area contributed by atoms with Gasteiger partial charge in [-0.1, -0.05) is 48.9 Å². The molecule has 2 aromatic rings. The maximum absolute atomic E-state index is 6.49. The van der Waals surface area contributed by atoms with E-state index in [4.69, 9.17) is 21.1 Å². The van der Waals surface area contributed by atoms with Crippen molar-refractivity contribution in [2.75, 3.05) is 26.7 Å². The number of halogens is 1. The number of likely N-dealkylation sites (N-methyl/N-ethyl adjacent to an activating group) is 1. The molecule has 0 aliphatic carbocycles. The van der Waals surface area contributed by atoms with Crippen molar-refractivity contribution >= 4 is 11.6 Å². The van der Waals surface area contributed by atoms with Gasteiger partial charge < -0.3 is 14.8 Å². The average molecular weight is 389 g/mol. The first-order valence-corrected chi connectivity index (χ1v) is 10.1. The van der Waals surface area contributed by atoms with Crippen molar-refractivity contribution in [2.24, 2.45) is 0 Å². The van der Waals surface area contributed by atoms with Gasteiger partial charge in [0.15, 0.2) is 11.5 Å². The van der Waals surface area contributed by atoms with E-state index in [0.29, 0.717) is 29.2 Å². The van der Waals surface area contributed by atoms with Crippen LogP contribution < -0.4 is 14.8 Å². The Hall–Kier alpha value is -1.75. The highest BCUT2D eigenvalue weighted by Gasteiger charge is 2.22. The maximum atomic E-state index is 6.49. The fraction of sp³-hybridized carbons (Fsp3) is 0.455. The SMILES string of the molecule is CCN1CCC[C@H]1CNCc1cc(Cl)c(OCc2ccccc2)c(OC)c1. The molecular weight excluding hydrogens is 360 g/mol. The molecule has 0 bridgehead atoms. The lowest BCUT2D eigenvalue weighted by atomic mass is 10.1. The molecule has 1 saturated heterocycles. The van der Waals surface area contributed by atoms with Crippen molar-refractivity contribution in [3.8, 4) is 11.5 Å². The zero-order valence-electron chi connectivity index (χ0n) is 16.2. The van der Waals surface area contributed by atoms with Crippen LogP contribution in [0.2, 0.25) is 5.02 Å². The Labute approximate surface area is 167 Å². The maximum Gasteiger partial charge on any atom is 0.180 e. The van der Waals surface area contributed by atoms with E-state index in [2.05, 4.69) is 17.1 Å². The number of nitrogens with one attached hydrogen (secondary N) is 1. The second-order valence-electron chi connectivity index (χ2n) is 6.94. The molecule has 4 nitrogen and oxygen atoms in total. The fourth-order valence-electron chi connectivity index (χ4n) is 3.67. The van der Waals surface area contributed by atoms with Gasteiger partial charge in [0.1, 0.15) is 6.61 Å². The molecule has 0 unspecified atom stereocenters. The van der Waals surface area contributed by atoms with Crippen molar-refractivity contribution in [1.29, 1.82) is 0 Å². The lowest BCUT2D eigenvalue weighted by Crippen LogP contribution is -2.37. The molecule has 0 spiro atoms. The molecule has 0 amide bonds. The lowest BCUT2D eigenvalue weighted by Gasteiger charge is -2.23. The Morgan fingerprint density at radius 3 is 2.74 bits per heavy atom. The van der Waals surface area contributed by atoms with Gasteiger partial charge in [-0.25, -0.2) is 0 Å². The van der Waals surface area contributed by atoms with Gasteiger partial charge in [-0.2, -0.15) is 0 Å². The number of ether oxygens (including phenoxy) is 2. The molecule has 0 saturated carbocycles. The highest BCUT2D eigenvalue weighted by atomic mass is 35.5. The fourth-order valence-corrected chi connectivity index (χ4v) is 3.96. The van der Waals surface area contributed by atoms with Gasteiger partial charge in [-0.3, -0.25) is 4.90 Å².